The molecule has 0 bridgehead atoms. The van der Waals surface area contributed by atoms with Crippen molar-refractivity contribution >= 4 is 17.7 Å². The Kier molecular flexibility index (Phi) is 8.38. The molecule has 0 aliphatic carbocycles. The van der Waals surface area contributed by atoms with Gasteiger partial charge in [0.25, 0.3) is 0 Å². The molecular weight excluding hydrogens is 284 g/mol. The predicted octanol–water partition coefficient (Wildman–Crippen LogP) is 3.28. The second-order valence-electron chi connectivity index (χ2n) is 5.22. The maximum Gasteiger partial charge on any atom is 0.325 e. The lowest BCUT2D eigenvalue weighted by Crippen LogP contribution is -2.50. The summed E-state index contributed by atoms with van der Waals surface area (Å²) in [4.78, 5) is 16.2. The molecule has 0 aliphatic heterocycles. The van der Waals surface area contributed by atoms with Crippen LogP contribution in [0.3, 0.4) is 0 Å². The molecular formula is C16H26N2O2S. The van der Waals surface area contributed by atoms with Gasteiger partial charge in [0.2, 0.25) is 0 Å². The summed E-state index contributed by atoms with van der Waals surface area (Å²) in [6, 6.07) is 5.94. The number of hydrogen-bond donors (Lipinski definition) is 1. The Hall–Kier alpha value is -1.07. The monoisotopic (exact) mass is 310 g/mol. The number of ether oxygens (including phenoxy) is 1. The van der Waals surface area contributed by atoms with Gasteiger partial charge in [0.1, 0.15) is 5.54 Å². The van der Waals surface area contributed by atoms with E-state index in [0.717, 1.165) is 43.0 Å². The third-order valence-corrected chi connectivity index (χ3v) is 4.39. The first-order valence-electron chi connectivity index (χ1n) is 7.49. The molecule has 0 saturated heterocycles. The van der Waals surface area contributed by atoms with Crippen molar-refractivity contribution in [2.45, 2.75) is 50.1 Å². The number of hydrogen-bond acceptors (Lipinski definition) is 5. The Morgan fingerprint density at radius 2 is 2.24 bits per heavy atom. The van der Waals surface area contributed by atoms with Crippen molar-refractivity contribution in [3.8, 4) is 0 Å². The Morgan fingerprint density at radius 1 is 1.43 bits per heavy atom. The molecule has 0 fully saturated rings. The number of unbranched alkanes of at least 4 members (excludes halogenated alkanes) is 1. The van der Waals surface area contributed by atoms with Crippen molar-refractivity contribution < 1.29 is 9.53 Å². The summed E-state index contributed by atoms with van der Waals surface area (Å²) in [6.45, 7) is 4.85. The van der Waals surface area contributed by atoms with Gasteiger partial charge < -0.3 is 10.1 Å². The fraction of sp³-hybridized carbons (Fsp3) is 0.625. The summed E-state index contributed by atoms with van der Waals surface area (Å²) < 4.78 is 4.92. The normalized spacial score (nSPS) is 13.7. The van der Waals surface area contributed by atoms with E-state index in [-0.39, 0.29) is 5.97 Å². The molecule has 1 aromatic heterocycles. The van der Waals surface area contributed by atoms with Crippen molar-refractivity contribution in [1.29, 1.82) is 0 Å². The Bertz CT molecular complexity index is 414. The van der Waals surface area contributed by atoms with Crippen LogP contribution in [0.15, 0.2) is 29.4 Å². The SMILES string of the molecule is CCCNC(C)(CCCCSc1ccccn1)C(=O)OC. The van der Waals surface area contributed by atoms with Crippen molar-refractivity contribution in [2.24, 2.45) is 0 Å². The average molecular weight is 310 g/mol. The Morgan fingerprint density at radius 3 is 2.86 bits per heavy atom. The van der Waals surface area contributed by atoms with Gasteiger partial charge in [0, 0.05) is 6.20 Å². The lowest BCUT2D eigenvalue weighted by atomic mass is 9.95. The molecule has 1 aromatic rings. The summed E-state index contributed by atoms with van der Waals surface area (Å²) >= 11 is 1.76. The predicted molar refractivity (Wildman–Crippen MR) is 87.5 cm³/mol. The number of carbonyl (C=O) groups is 1. The number of thioether (sulfide) groups is 1. The lowest BCUT2D eigenvalue weighted by molar-refractivity contribution is -0.148. The maximum absolute atomic E-state index is 11.9. The molecule has 0 aromatic carbocycles. The lowest BCUT2D eigenvalue weighted by Gasteiger charge is -2.28. The van der Waals surface area contributed by atoms with Gasteiger partial charge in [-0.2, -0.15) is 0 Å². The van der Waals surface area contributed by atoms with E-state index >= 15 is 0 Å². The van der Waals surface area contributed by atoms with Crippen LogP contribution in [0.2, 0.25) is 0 Å². The quantitative estimate of drug-likeness (QED) is 0.408. The standard InChI is InChI=1S/C16H26N2O2S/c1-4-11-18-16(2,15(19)20-3)10-6-8-13-21-14-9-5-7-12-17-14/h5,7,9,12,18H,4,6,8,10-11,13H2,1-3H3. The van der Waals surface area contributed by atoms with Gasteiger partial charge in [0.15, 0.2) is 0 Å². The molecule has 0 amide bonds. The van der Waals surface area contributed by atoms with E-state index in [1.54, 1.807) is 11.8 Å². The molecule has 5 heteroatoms. The highest BCUT2D eigenvalue weighted by Crippen LogP contribution is 2.20. The maximum atomic E-state index is 11.9. The number of rotatable bonds is 10. The molecule has 1 atom stereocenters. The number of esters is 1. The van der Waals surface area contributed by atoms with Gasteiger partial charge in [-0.05, 0) is 50.6 Å². The summed E-state index contributed by atoms with van der Waals surface area (Å²) in [5, 5.41) is 4.36. The number of nitrogens with zero attached hydrogens (tertiary/aromatic N) is 1. The zero-order valence-electron chi connectivity index (χ0n) is 13.2. The second kappa shape index (κ2) is 9.79. The minimum Gasteiger partial charge on any atom is -0.468 e. The number of nitrogens with one attached hydrogen (secondary N) is 1. The highest BCUT2D eigenvalue weighted by atomic mass is 32.2. The largest absolute Gasteiger partial charge is 0.468 e. The fourth-order valence-corrected chi connectivity index (χ4v) is 2.95. The third-order valence-electron chi connectivity index (χ3n) is 3.36. The van der Waals surface area contributed by atoms with Crippen molar-refractivity contribution in [3.63, 3.8) is 0 Å². The van der Waals surface area contributed by atoms with Gasteiger partial charge in [0.05, 0.1) is 12.1 Å². The van der Waals surface area contributed by atoms with Crippen LogP contribution < -0.4 is 5.32 Å². The minimum atomic E-state index is -0.569. The van der Waals surface area contributed by atoms with E-state index in [1.165, 1.54) is 7.11 Å². The summed E-state index contributed by atoms with van der Waals surface area (Å²) in [5.74, 6) is 0.843. The van der Waals surface area contributed by atoms with Gasteiger partial charge in [-0.15, -0.1) is 11.8 Å². The van der Waals surface area contributed by atoms with Gasteiger partial charge >= 0.3 is 5.97 Å². The molecule has 21 heavy (non-hydrogen) atoms. The summed E-state index contributed by atoms with van der Waals surface area (Å²) in [5.41, 5.74) is -0.569. The highest BCUT2D eigenvalue weighted by Gasteiger charge is 2.32. The molecule has 118 valence electrons. The van der Waals surface area contributed by atoms with Crippen LogP contribution in [0.1, 0.15) is 39.5 Å². The fourth-order valence-electron chi connectivity index (χ4n) is 2.08. The smallest absolute Gasteiger partial charge is 0.325 e. The molecule has 1 rings (SSSR count). The molecule has 1 N–H and O–H groups in total. The van der Waals surface area contributed by atoms with Crippen molar-refractivity contribution in [2.75, 3.05) is 19.4 Å². The van der Waals surface area contributed by atoms with Crippen LogP contribution in [0.4, 0.5) is 0 Å². The van der Waals surface area contributed by atoms with Crippen LogP contribution in [-0.2, 0) is 9.53 Å². The van der Waals surface area contributed by atoms with Crippen LogP contribution >= 0.6 is 11.8 Å². The van der Waals surface area contributed by atoms with E-state index < -0.39 is 5.54 Å². The second-order valence-corrected chi connectivity index (χ2v) is 6.34. The Balaban J connectivity index is 2.31. The number of pyridine rings is 1. The van der Waals surface area contributed by atoms with Crippen molar-refractivity contribution in [3.05, 3.63) is 24.4 Å². The van der Waals surface area contributed by atoms with Crippen LogP contribution in [-0.4, -0.2) is 35.9 Å². The van der Waals surface area contributed by atoms with Crippen LogP contribution in [0, 0.1) is 0 Å². The number of methoxy groups -OCH3 is 1. The first-order chi connectivity index (χ1) is 10.1. The molecule has 0 saturated carbocycles. The summed E-state index contributed by atoms with van der Waals surface area (Å²) in [6.07, 6.45) is 5.65. The molecule has 4 nitrogen and oxygen atoms in total. The topological polar surface area (TPSA) is 51.2 Å². The van der Waals surface area contributed by atoms with Crippen LogP contribution in [0.25, 0.3) is 0 Å². The average Bonchev–Trinajstić information content (AvgIpc) is 2.52. The van der Waals surface area contributed by atoms with E-state index in [2.05, 4.69) is 17.2 Å². The third kappa shape index (κ3) is 6.48. The zero-order chi connectivity index (χ0) is 15.6. The molecule has 1 heterocycles. The van der Waals surface area contributed by atoms with Gasteiger partial charge in [-0.3, -0.25) is 4.79 Å². The van der Waals surface area contributed by atoms with E-state index in [4.69, 9.17) is 4.74 Å². The van der Waals surface area contributed by atoms with Crippen molar-refractivity contribution in [1.82, 2.24) is 10.3 Å². The van der Waals surface area contributed by atoms with E-state index in [1.807, 2.05) is 31.3 Å². The Labute approximate surface area is 132 Å². The summed E-state index contributed by atoms with van der Waals surface area (Å²) in [7, 11) is 1.45. The number of aromatic nitrogens is 1. The molecule has 0 radical (unpaired) electrons. The minimum absolute atomic E-state index is 0.173. The molecule has 0 aliphatic rings. The van der Waals surface area contributed by atoms with E-state index in [9.17, 15) is 4.79 Å². The molecule has 1 unspecified atom stereocenters. The first-order valence-corrected chi connectivity index (χ1v) is 8.48. The first kappa shape index (κ1) is 18.0. The van der Waals surface area contributed by atoms with E-state index in [0.29, 0.717) is 0 Å². The highest BCUT2D eigenvalue weighted by molar-refractivity contribution is 7.99. The molecule has 0 spiro atoms. The zero-order valence-corrected chi connectivity index (χ0v) is 14.0. The van der Waals surface area contributed by atoms with Gasteiger partial charge in [-0.1, -0.05) is 19.4 Å². The van der Waals surface area contributed by atoms with Gasteiger partial charge in [-0.25, -0.2) is 4.98 Å². The number of carbonyl (C=O) groups excluding carboxylic acids is 1. The van der Waals surface area contributed by atoms with Crippen LogP contribution in [0.5, 0.6) is 0 Å².